The minimum atomic E-state index is -0.603. The van der Waals surface area contributed by atoms with Crippen molar-refractivity contribution in [3.8, 4) is 0 Å². The molecule has 6 unspecified atom stereocenters. The maximum Gasteiger partial charge on any atom is 0.129 e. The number of fused-ring (bicyclic) bond motifs is 5. The van der Waals surface area contributed by atoms with Crippen molar-refractivity contribution in [3.05, 3.63) is 35.4 Å². The lowest BCUT2D eigenvalue weighted by atomic mass is 9.86. The number of aliphatic hydroxyl groups is 1. The normalized spacial score (nSPS) is 39.1. The van der Waals surface area contributed by atoms with Gasteiger partial charge in [0.05, 0.1) is 6.10 Å². The van der Waals surface area contributed by atoms with E-state index < -0.39 is 23.7 Å². The van der Waals surface area contributed by atoms with Gasteiger partial charge in [0.2, 0.25) is 0 Å². The molecule has 0 aromatic heterocycles. The summed E-state index contributed by atoms with van der Waals surface area (Å²) in [5.41, 5.74) is 6.14. The molecule has 0 aliphatic heterocycles. The summed E-state index contributed by atoms with van der Waals surface area (Å²) in [6.45, 7) is 0.189. The maximum atomic E-state index is 14.0. The van der Waals surface area contributed by atoms with Gasteiger partial charge in [-0.15, -0.1) is 0 Å². The number of aliphatic hydroxyl groups excluding tert-OH is 1. The lowest BCUT2D eigenvalue weighted by Gasteiger charge is -2.24. The first-order valence-electron chi connectivity index (χ1n) is 7.95. The molecule has 3 aliphatic carbocycles. The standard InChI is InChI=1S/C17H21F2NO/c18-10-3-4-11(13(19)6-10)12(7-20)17(21)16-14-8-1-2-9(5-8)15(14)16/h3-4,6,8-9,12,14-17,21H,1-2,5,7,20H2. The molecule has 3 aliphatic rings. The fourth-order valence-electron chi connectivity index (χ4n) is 5.37. The Balaban J connectivity index is 1.56. The third-order valence-electron chi connectivity index (χ3n) is 6.22. The second-order valence-electron chi connectivity index (χ2n) is 7.06. The zero-order valence-corrected chi connectivity index (χ0v) is 11.9. The van der Waals surface area contributed by atoms with Gasteiger partial charge in [0.15, 0.2) is 0 Å². The van der Waals surface area contributed by atoms with Crippen LogP contribution in [-0.4, -0.2) is 17.8 Å². The first kappa shape index (κ1) is 13.6. The van der Waals surface area contributed by atoms with Gasteiger partial charge >= 0.3 is 0 Å². The van der Waals surface area contributed by atoms with Crippen molar-refractivity contribution in [2.75, 3.05) is 6.54 Å². The van der Waals surface area contributed by atoms with Gasteiger partial charge in [-0.2, -0.15) is 0 Å². The quantitative estimate of drug-likeness (QED) is 0.896. The molecule has 0 saturated heterocycles. The zero-order chi connectivity index (χ0) is 14.7. The minimum Gasteiger partial charge on any atom is -0.392 e. The van der Waals surface area contributed by atoms with Crippen LogP contribution in [0.3, 0.4) is 0 Å². The number of hydrogen-bond acceptors (Lipinski definition) is 2. The van der Waals surface area contributed by atoms with E-state index in [0.717, 1.165) is 17.9 Å². The molecule has 4 heteroatoms. The highest BCUT2D eigenvalue weighted by Gasteiger charge is 2.67. The molecule has 0 heterocycles. The van der Waals surface area contributed by atoms with Gasteiger partial charge in [0.1, 0.15) is 11.6 Å². The minimum absolute atomic E-state index is 0.189. The van der Waals surface area contributed by atoms with E-state index in [9.17, 15) is 13.9 Å². The van der Waals surface area contributed by atoms with E-state index in [1.165, 1.54) is 31.4 Å². The fourth-order valence-corrected chi connectivity index (χ4v) is 5.37. The Morgan fingerprint density at radius 2 is 1.86 bits per heavy atom. The summed E-state index contributed by atoms with van der Waals surface area (Å²) in [4.78, 5) is 0. The molecule has 3 N–H and O–H groups in total. The van der Waals surface area contributed by atoms with Crippen LogP contribution in [0.25, 0.3) is 0 Å². The highest BCUT2D eigenvalue weighted by Crippen LogP contribution is 2.71. The van der Waals surface area contributed by atoms with Crippen LogP contribution in [-0.2, 0) is 0 Å². The summed E-state index contributed by atoms with van der Waals surface area (Å²) in [6.07, 6.45) is 3.28. The average Bonchev–Trinajstić information content (AvgIpc) is 2.89. The Kier molecular flexibility index (Phi) is 3.09. The van der Waals surface area contributed by atoms with Crippen LogP contribution in [0.15, 0.2) is 18.2 Å². The van der Waals surface area contributed by atoms with Gasteiger partial charge in [0, 0.05) is 18.5 Å². The van der Waals surface area contributed by atoms with E-state index in [2.05, 4.69) is 0 Å². The van der Waals surface area contributed by atoms with Crippen molar-refractivity contribution in [3.63, 3.8) is 0 Å². The van der Waals surface area contributed by atoms with Crippen LogP contribution in [0.5, 0.6) is 0 Å². The predicted octanol–water partition coefficient (Wildman–Crippen LogP) is 2.66. The Labute approximate surface area is 123 Å². The van der Waals surface area contributed by atoms with Gasteiger partial charge in [-0.05, 0) is 60.5 Å². The fraction of sp³-hybridized carbons (Fsp3) is 0.647. The summed E-state index contributed by atoms with van der Waals surface area (Å²) >= 11 is 0. The SMILES string of the molecule is NCC(c1ccc(F)cc1F)C(O)C1C2C3CCC(C3)C21. The molecule has 1 aromatic carbocycles. The molecule has 0 radical (unpaired) electrons. The molecule has 2 nitrogen and oxygen atoms in total. The lowest BCUT2D eigenvalue weighted by molar-refractivity contribution is 0.101. The Morgan fingerprint density at radius 1 is 1.19 bits per heavy atom. The van der Waals surface area contributed by atoms with E-state index in [0.29, 0.717) is 17.4 Å². The number of benzene rings is 1. The largest absolute Gasteiger partial charge is 0.392 e. The molecule has 0 amide bonds. The molecule has 114 valence electrons. The molecular formula is C17H21F2NO. The maximum absolute atomic E-state index is 14.0. The highest BCUT2D eigenvalue weighted by atomic mass is 19.1. The van der Waals surface area contributed by atoms with Crippen LogP contribution in [0.1, 0.15) is 30.7 Å². The lowest BCUT2D eigenvalue weighted by Crippen LogP contribution is -2.30. The smallest absolute Gasteiger partial charge is 0.129 e. The summed E-state index contributed by atoms with van der Waals surface area (Å²) < 4.78 is 27.0. The third-order valence-corrected chi connectivity index (χ3v) is 6.22. The van der Waals surface area contributed by atoms with Crippen LogP contribution >= 0.6 is 0 Å². The van der Waals surface area contributed by atoms with Gasteiger partial charge in [0.25, 0.3) is 0 Å². The third kappa shape index (κ3) is 1.95. The molecular weight excluding hydrogens is 272 g/mol. The summed E-state index contributed by atoms with van der Waals surface area (Å²) in [7, 11) is 0. The Bertz CT molecular complexity index is 548. The van der Waals surface area contributed by atoms with Gasteiger partial charge in [-0.3, -0.25) is 0 Å². The topological polar surface area (TPSA) is 46.2 Å². The Hall–Kier alpha value is -1.00. The molecule has 2 bridgehead atoms. The highest BCUT2D eigenvalue weighted by molar-refractivity contribution is 5.27. The van der Waals surface area contributed by atoms with Gasteiger partial charge in [-0.1, -0.05) is 6.07 Å². The first-order valence-corrected chi connectivity index (χ1v) is 7.95. The number of rotatable bonds is 4. The van der Waals surface area contributed by atoms with Crippen molar-refractivity contribution >= 4 is 0 Å². The van der Waals surface area contributed by atoms with Crippen molar-refractivity contribution in [1.29, 1.82) is 0 Å². The van der Waals surface area contributed by atoms with Crippen molar-refractivity contribution < 1.29 is 13.9 Å². The van der Waals surface area contributed by atoms with Crippen LogP contribution in [0, 0.1) is 41.2 Å². The summed E-state index contributed by atoms with van der Waals surface area (Å²) in [6, 6.07) is 3.55. The van der Waals surface area contributed by atoms with E-state index in [1.807, 2.05) is 0 Å². The second-order valence-corrected chi connectivity index (χ2v) is 7.06. The molecule has 3 saturated carbocycles. The molecule has 3 fully saturated rings. The molecule has 21 heavy (non-hydrogen) atoms. The van der Waals surface area contributed by atoms with Gasteiger partial charge < -0.3 is 10.8 Å². The number of nitrogens with two attached hydrogens (primary N) is 1. The van der Waals surface area contributed by atoms with Crippen LogP contribution in [0.4, 0.5) is 8.78 Å². The van der Waals surface area contributed by atoms with Gasteiger partial charge in [-0.25, -0.2) is 8.78 Å². The van der Waals surface area contributed by atoms with Crippen molar-refractivity contribution in [2.24, 2.45) is 35.3 Å². The molecule has 0 spiro atoms. The average molecular weight is 293 g/mol. The second kappa shape index (κ2) is 4.75. The zero-order valence-electron chi connectivity index (χ0n) is 11.9. The van der Waals surface area contributed by atoms with Crippen molar-refractivity contribution in [1.82, 2.24) is 0 Å². The summed E-state index contributed by atoms with van der Waals surface area (Å²) in [5.74, 6) is 1.41. The van der Waals surface area contributed by atoms with E-state index in [4.69, 9.17) is 5.73 Å². The monoisotopic (exact) mass is 293 g/mol. The van der Waals surface area contributed by atoms with Crippen LogP contribution < -0.4 is 5.73 Å². The van der Waals surface area contributed by atoms with E-state index >= 15 is 0 Å². The molecule has 1 aromatic rings. The summed E-state index contributed by atoms with van der Waals surface area (Å²) in [5, 5.41) is 10.7. The molecule has 4 rings (SSSR count). The predicted molar refractivity (Wildman–Crippen MR) is 75.5 cm³/mol. The Morgan fingerprint density at radius 3 is 2.43 bits per heavy atom. The van der Waals surface area contributed by atoms with E-state index in [1.54, 1.807) is 0 Å². The number of halogens is 2. The number of hydrogen-bond donors (Lipinski definition) is 2. The first-order chi connectivity index (χ1) is 10.1. The van der Waals surface area contributed by atoms with Crippen LogP contribution in [0.2, 0.25) is 0 Å². The van der Waals surface area contributed by atoms with E-state index in [-0.39, 0.29) is 12.5 Å². The van der Waals surface area contributed by atoms with Crippen molar-refractivity contribution in [2.45, 2.75) is 31.3 Å². The molecule has 6 atom stereocenters.